The number of piperazine rings is 1. The molecule has 4 rings (SSSR count). The summed E-state index contributed by atoms with van der Waals surface area (Å²) in [6.07, 6.45) is 6.44. The van der Waals surface area contributed by atoms with Crippen LogP contribution in [-0.2, 0) is 14.8 Å². The van der Waals surface area contributed by atoms with Crippen molar-refractivity contribution in [1.82, 2.24) is 19.5 Å². The number of thiazole rings is 1. The van der Waals surface area contributed by atoms with Crippen molar-refractivity contribution in [2.45, 2.75) is 69.9 Å². The lowest BCUT2D eigenvalue weighted by molar-refractivity contribution is -0.136. The minimum Gasteiger partial charge on any atom is -0.339 e. The lowest BCUT2D eigenvalue weighted by Gasteiger charge is -2.41. The van der Waals surface area contributed by atoms with Crippen LogP contribution in [0.4, 0.5) is 0 Å². The normalized spacial score (nSPS) is 20.2. The first kappa shape index (κ1) is 23.6. The number of nitrogens with one attached hydrogen (secondary N) is 1. The minimum atomic E-state index is -3.83. The third-order valence-electron chi connectivity index (χ3n) is 6.71. The number of hydrogen-bond donors (Lipinski definition) is 1. The summed E-state index contributed by atoms with van der Waals surface area (Å²) in [7, 11) is -3.83. The van der Waals surface area contributed by atoms with E-state index >= 15 is 0 Å². The highest BCUT2D eigenvalue weighted by Crippen LogP contribution is 2.26. The predicted octanol–water partition coefficient (Wildman–Crippen LogP) is 3.38. The summed E-state index contributed by atoms with van der Waals surface area (Å²) in [4.78, 5) is 22.2. The second-order valence-corrected chi connectivity index (χ2v) is 12.3. The molecule has 7 nitrogen and oxygen atoms in total. The number of carbonyl (C=O) groups is 1. The predicted molar refractivity (Wildman–Crippen MR) is 128 cm³/mol. The molecule has 9 heteroatoms. The van der Waals surface area contributed by atoms with Crippen LogP contribution in [0, 0.1) is 12.8 Å². The van der Waals surface area contributed by atoms with Gasteiger partial charge in [0.1, 0.15) is 6.04 Å². The van der Waals surface area contributed by atoms with Crippen LogP contribution >= 0.6 is 11.3 Å². The molecule has 2 aliphatic rings. The van der Waals surface area contributed by atoms with E-state index in [9.17, 15) is 13.2 Å². The molecule has 1 amide bonds. The molecule has 1 aliphatic carbocycles. The monoisotopic (exact) mass is 478 g/mol. The van der Waals surface area contributed by atoms with Crippen LogP contribution in [0.25, 0.3) is 10.2 Å². The van der Waals surface area contributed by atoms with Gasteiger partial charge in [0.15, 0.2) is 0 Å². The molecule has 1 saturated heterocycles. The van der Waals surface area contributed by atoms with E-state index in [1.807, 2.05) is 25.7 Å². The molecule has 1 atom stereocenters. The zero-order valence-corrected chi connectivity index (χ0v) is 20.8. The van der Waals surface area contributed by atoms with Crippen LogP contribution < -0.4 is 4.72 Å². The van der Waals surface area contributed by atoms with Gasteiger partial charge in [-0.25, -0.2) is 13.4 Å². The van der Waals surface area contributed by atoms with E-state index in [2.05, 4.69) is 14.6 Å². The summed E-state index contributed by atoms with van der Waals surface area (Å²) in [5.74, 6) is -0.274. The van der Waals surface area contributed by atoms with E-state index in [0.29, 0.717) is 19.1 Å². The van der Waals surface area contributed by atoms with Crippen molar-refractivity contribution in [3.63, 3.8) is 0 Å². The molecular formula is C23H34N4O3S2. The number of rotatable bonds is 6. The van der Waals surface area contributed by atoms with Gasteiger partial charge in [-0.15, -0.1) is 11.3 Å². The van der Waals surface area contributed by atoms with E-state index in [1.165, 1.54) is 43.4 Å². The lowest BCUT2D eigenvalue weighted by atomic mass is 9.93. The first-order valence-corrected chi connectivity index (χ1v) is 14.0. The average Bonchev–Trinajstić information content (AvgIpc) is 3.17. The maximum Gasteiger partial charge on any atom is 0.241 e. The molecule has 1 N–H and O–H groups in total. The Morgan fingerprint density at radius 2 is 1.81 bits per heavy atom. The Morgan fingerprint density at radius 1 is 1.12 bits per heavy atom. The second-order valence-electron chi connectivity index (χ2n) is 9.36. The Kier molecular flexibility index (Phi) is 7.19. The number of hydrogen-bond acceptors (Lipinski definition) is 6. The van der Waals surface area contributed by atoms with E-state index in [0.717, 1.165) is 28.3 Å². The van der Waals surface area contributed by atoms with Gasteiger partial charge in [-0.3, -0.25) is 9.69 Å². The highest BCUT2D eigenvalue weighted by atomic mass is 32.2. The fourth-order valence-corrected chi connectivity index (χ4v) is 7.15. The standard InChI is InChI=1S/C23H34N4O3S2/c1-16(2)22(23(28)27-13-11-26(12-14-27)18-7-5-4-6-8-18)25-32(29,30)19-9-10-20-21(15-19)31-17(3)24-20/h9-10,15-16,18,22,25H,4-8,11-14H2,1-3H3. The molecule has 1 aliphatic heterocycles. The van der Waals surface area contributed by atoms with E-state index in [1.54, 1.807) is 18.2 Å². The van der Waals surface area contributed by atoms with Crippen LogP contribution in [0.15, 0.2) is 23.1 Å². The number of benzene rings is 1. The van der Waals surface area contributed by atoms with Gasteiger partial charge in [-0.1, -0.05) is 33.1 Å². The van der Waals surface area contributed by atoms with Crippen LogP contribution in [-0.4, -0.2) is 67.4 Å². The Morgan fingerprint density at radius 3 is 2.47 bits per heavy atom. The first-order valence-electron chi connectivity index (χ1n) is 11.7. The molecule has 32 heavy (non-hydrogen) atoms. The lowest BCUT2D eigenvalue weighted by Crippen LogP contribution is -2.57. The van der Waals surface area contributed by atoms with Crippen molar-refractivity contribution in [2.24, 2.45) is 5.92 Å². The maximum absolute atomic E-state index is 13.3. The highest BCUT2D eigenvalue weighted by Gasteiger charge is 2.34. The number of aromatic nitrogens is 1. The van der Waals surface area contributed by atoms with Crippen LogP contribution in [0.5, 0.6) is 0 Å². The van der Waals surface area contributed by atoms with Crippen molar-refractivity contribution >= 4 is 37.5 Å². The minimum absolute atomic E-state index is 0.124. The molecule has 0 radical (unpaired) electrons. The molecule has 1 aromatic heterocycles. The molecule has 176 valence electrons. The molecule has 2 heterocycles. The maximum atomic E-state index is 13.3. The van der Waals surface area contributed by atoms with Crippen molar-refractivity contribution in [3.05, 3.63) is 23.2 Å². The SMILES string of the molecule is Cc1nc2ccc(S(=O)(=O)NC(C(=O)N3CCN(C4CCCCC4)CC3)C(C)C)cc2s1. The first-order chi connectivity index (χ1) is 15.2. The highest BCUT2D eigenvalue weighted by molar-refractivity contribution is 7.89. The molecule has 2 fully saturated rings. The molecular weight excluding hydrogens is 444 g/mol. The Hall–Kier alpha value is -1.55. The topological polar surface area (TPSA) is 82.6 Å². The quantitative estimate of drug-likeness (QED) is 0.688. The van der Waals surface area contributed by atoms with E-state index in [-0.39, 0.29) is 16.7 Å². The third kappa shape index (κ3) is 5.16. The van der Waals surface area contributed by atoms with Gasteiger partial charge in [0.2, 0.25) is 15.9 Å². The molecule has 1 aromatic carbocycles. The number of nitrogens with zero attached hydrogens (tertiary/aromatic N) is 3. The average molecular weight is 479 g/mol. The fraction of sp³-hybridized carbons (Fsp3) is 0.652. The number of aryl methyl sites for hydroxylation is 1. The third-order valence-corrected chi connectivity index (χ3v) is 9.08. The Labute approximate surface area is 195 Å². The van der Waals surface area contributed by atoms with Crippen molar-refractivity contribution in [3.8, 4) is 0 Å². The van der Waals surface area contributed by atoms with Crippen molar-refractivity contribution < 1.29 is 13.2 Å². The smallest absolute Gasteiger partial charge is 0.241 e. The van der Waals surface area contributed by atoms with Crippen LogP contribution in [0.1, 0.15) is 51.0 Å². The summed E-state index contributed by atoms with van der Waals surface area (Å²) in [5.41, 5.74) is 0.791. The summed E-state index contributed by atoms with van der Waals surface area (Å²) in [6.45, 7) is 8.74. The van der Waals surface area contributed by atoms with Gasteiger partial charge in [-0.2, -0.15) is 4.72 Å². The van der Waals surface area contributed by atoms with Crippen LogP contribution in [0.3, 0.4) is 0 Å². The number of carbonyl (C=O) groups excluding carboxylic acids is 1. The molecule has 1 unspecified atom stereocenters. The van der Waals surface area contributed by atoms with Gasteiger partial charge in [0, 0.05) is 32.2 Å². The van der Waals surface area contributed by atoms with Gasteiger partial charge >= 0.3 is 0 Å². The van der Waals surface area contributed by atoms with Gasteiger partial charge in [-0.05, 0) is 43.9 Å². The van der Waals surface area contributed by atoms with Gasteiger partial charge in [0.25, 0.3) is 0 Å². The molecule has 0 spiro atoms. The zero-order chi connectivity index (χ0) is 22.9. The summed E-state index contributed by atoms with van der Waals surface area (Å²) in [6, 6.07) is 4.80. The largest absolute Gasteiger partial charge is 0.339 e. The number of fused-ring (bicyclic) bond motifs is 1. The van der Waals surface area contributed by atoms with Crippen molar-refractivity contribution in [1.29, 1.82) is 0 Å². The Bertz CT molecular complexity index is 1050. The summed E-state index contributed by atoms with van der Waals surface area (Å²) >= 11 is 1.47. The molecule has 1 saturated carbocycles. The molecule has 0 bridgehead atoms. The Balaban J connectivity index is 1.43. The van der Waals surface area contributed by atoms with Gasteiger partial charge in [0.05, 0.1) is 20.1 Å². The van der Waals surface area contributed by atoms with E-state index in [4.69, 9.17) is 0 Å². The van der Waals surface area contributed by atoms with Gasteiger partial charge < -0.3 is 4.90 Å². The molecule has 2 aromatic rings. The number of sulfonamides is 1. The van der Waals surface area contributed by atoms with E-state index < -0.39 is 16.1 Å². The fourth-order valence-electron chi connectivity index (χ4n) is 4.84. The summed E-state index contributed by atoms with van der Waals surface area (Å²) in [5, 5.41) is 0.894. The summed E-state index contributed by atoms with van der Waals surface area (Å²) < 4.78 is 29.8. The second kappa shape index (κ2) is 9.75. The van der Waals surface area contributed by atoms with Crippen LogP contribution in [0.2, 0.25) is 0 Å². The number of amides is 1. The zero-order valence-electron chi connectivity index (χ0n) is 19.2. The van der Waals surface area contributed by atoms with Crippen molar-refractivity contribution in [2.75, 3.05) is 26.2 Å².